The second-order valence-corrected chi connectivity index (χ2v) is 6.14. The van der Waals surface area contributed by atoms with Crippen molar-refractivity contribution in [1.82, 2.24) is 0 Å². The number of hydrogen-bond acceptors (Lipinski definition) is 2. The molecule has 2 rings (SSSR count). The lowest BCUT2D eigenvalue weighted by atomic mass is 10.1. The average Bonchev–Trinajstić information content (AvgIpc) is 2.49. The topological polar surface area (TPSA) is 38.3 Å². The number of hydrogen-bond donors (Lipinski definition) is 1. The normalized spacial score (nSPS) is 10.2. The van der Waals surface area contributed by atoms with Crippen LogP contribution in [0, 0.1) is 0 Å². The van der Waals surface area contributed by atoms with Crippen LogP contribution in [0.4, 0.5) is 5.69 Å². The predicted molar refractivity (Wildman–Crippen MR) is 92.6 cm³/mol. The maximum atomic E-state index is 12.3. The van der Waals surface area contributed by atoms with E-state index in [0.717, 1.165) is 21.9 Å². The van der Waals surface area contributed by atoms with Gasteiger partial charge in [-0.05, 0) is 42.3 Å². The van der Waals surface area contributed by atoms with Crippen LogP contribution in [-0.2, 0) is 6.42 Å². The summed E-state index contributed by atoms with van der Waals surface area (Å²) in [6.07, 6.45) is 0.967. The van der Waals surface area contributed by atoms with Crippen LogP contribution in [0.15, 0.2) is 46.9 Å². The zero-order chi connectivity index (χ0) is 15.2. The fraction of sp³-hybridized carbons (Fsp3) is 0.188. The first-order valence-electron chi connectivity index (χ1n) is 6.44. The quantitative estimate of drug-likeness (QED) is 0.726. The van der Waals surface area contributed by atoms with Gasteiger partial charge in [0.2, 0.25) is 0 Å². The summed E-state index contributed by atoms with van der Waals surface area (Å²) < 4.78 is 6.11. The number of aryl methyl sites for hydroxylation is 1. The van der Waals surface area contributed by atoms with Crippen molar-refractivity contribution in [3.63, 3.8) is 0 Å². The molecule has 0 radical (unpaired) electrons. The third kappa shape index (κ3) is 4.32. The lowest BCUT2D eigenvalue weighted by Gasteiger charge is -2.10. The number of anilines is 1. The number of benzene rings is 2. The van der Waals surface area contributed by atoms with E-state index in [4.69, 9.17) is 4.74 Å². The molecule has 5 heteroatoms. The first-order chi connectivity index (χ1) is 10.1. The molecule has 0 saturated heterocycles. The minimum absolute atomic E-state index is 0.187. The number of carbonyl (C=O) groups is 1. The van der Waals surface area contributed by atoms with Gasteiger partial charge >= 0.3 is 0 Å². The molecule has 0 aliphatic heterocycles. The van der Waals surface area contributed by atoms with E-state index in [1.54, 1.807) is 19.2 Å². The van der Waals surface area contributed by atoms with Gasteiger partial charge in [-0.15, -0.1) is 0 Å². The molecule has 2 aromatic rings. The zero-order valence-electron chi connectivity index (χ0n) is 11.5. The Balaban J connectivity index is 2.14. The van der Waals surface area contributed by atoms with E-state index >= 15 is 0 Å². The van der Waals surface area contributed by atoms with E-state index in [9.17, 15) is 4.79 Å². The monoisotopic (exact) mass is 411 g/mol. The maximum absolute atomic E-state index is 12.3. The van der Waals surface area contributed by atoms with E-state index in [1.165, 1.54) is 5.56 Å². The molecule has 0 aliphatic carbocycles. The average molecular weight is 413 g/mol. The summed E-state index contributed by atoms with van der Waals surface area (Å²) in [6, 6.07) is 13.1. The van der Waals surface area contributed by atoms with Crippen LogP contribution in [0.1, 0.15) is 15.9 Å². The van der Waals surface area contributed by atoms with E-state index in [2.05, 4.69) is 37.2 Å². The lowest BCUT2D eigenvalue weighted by molar-refractivity contribution is 0.102. The highest BCUT2D eigenvalue weighted by Crippen LogP contribution is 2.24. The summed E-state index contributed by atoms with van der Waals surface area (Å²) in [7, 11) is 1.55. The Morgan fingerprint density at radius 1 is 1.19 bits per heavy atom. The molecule has 3 nitrogen and oxygen atoms in total. The van der Waals surface area contributed by atoms with Gasteiger partial charge in [-0.1, -0.05) is 44.0 Å². The van der Waals surface area contributed by atoms with E-state index in [-0.39, 0.29) is 5.91 Å². The second-order valence-electron chi connectivity index (χ2n) is 4.43. The van der Waals surface area contributed by atoms with Crippen molar-refractivity contribution < 1.29 is 9.53 Å². The highest BCUT2D eigenvalue weighted by Gasteiger charge is 2.12. The molecule has 110 valence electrons. The van der Waals surface area contributed by atoms with Gasteiger partial charge in [0.05, 0.1) is 12.7 Å². The summed E-state index contributed by atoms with van der Waals surface area (Å²) >= 11 is 6.77. The van der Waals surface area contributed by atoms with Crippen LogP contribution in [0.25, 0.3) is 0 Å². The minimum Gasteiger partial charge on any atom is -0.496 e. The van der Waals surface area contributed by atoms with Crippen molar-refractivity contribution in [3.05, 3.63) is 58.1 Å². The van der Waals surface area contributed by atoms with Crippen LogP contribution in [0.5, 0.6) is 5.75 Å². The number of halogens is 2. The molecule has 0 unspecified atom stereocenters. The van der Waals surface area contributed by atoms with Crippen molar-refractivity contribution >= 4 is 43.5 Å². The Hall–Kier alpha value is -1.33. The molecule has 1 amide bonds. The van der Waals surface area contributed by atoms with Gasteiger partial charge < -0.3 is 10.1 Å². The molecule has 2 aromatic carbocycles. The Labute approximate surface area is 141 Å². The molecule has 0 fully saturated rings. The molecular formula is C16H15Br2NO2. The summed E-state index contributed by atoms with van der Waals surface area (Å²) in [4.78, 5) is 12.3. The number of alkyl halides is 1. The maximum Gasteiger partial charge on any atom is 0.259 e. The zero-order valence-corrected chi connectivity index (χ0v) is 14.7. The number of nitrogens with one attached hydrogen (secondary N) is 1. The first kappa shape index (κ1) is 16.0. The van der Waals surface area contributed by atoms with Gasteiger partial charge in [-0.3, -0.25) is 4.79 Å². The van der Waals surface area contributed by atoms with Gasteiger partial charge in [0.25, 0.3) is 5.91 Å². The third-order valence-corrected chi connectivity index (χ3v) is 3.89. The Morgan fingerprint density at radius 2 is 1.90 bits per heavy atom. The molecule has 0 bridgehead atoms. The minimum atomic E-state index is -0.187. The number of rotatable bonds is 5. The largest absolute Gasteiger partial charge is 0.496 e. The standard InChI is InChI=1S/C16H15Br2NO2/c1-21-15-10-12(18)4-7-14(15)16(20)19-13-5-2-11(3-6-13)8-9-17/h2-7,10H,8-9H2,1H3,(H,19,20). The lowest BCUT2D eigenvalue weighted by Crippen LogP contribution is -2.13. The van der Waals surface area contributed by atoms with Gasteiger partial charge in [0.1, 0.15) is 5.75 Å². The van der Waals surface area contributed by atoms with E-state index in [1.807, 2.05) is 30.3 Å². The molecule has 0 spiro atoms. The predicted octanol–water partition coefficient (Wildman–Crippen LogP) is 4.65. The van der Waals surface area contributed by atoms with E-state index < -0.39 is 0 Å². The van der Waals surface area contributed by atoms with Crippen molar-refractivity contribution in [2.24, 2.45) is 0 Å². The third-order valence-electron chi connectivity index (χ3n) is 3.00. The molecule has 1 N–H and O–H groups in total. The van der Waals surface area contributed by atoms with Crippen molar-refractivity contribution in [1.29, 1.82) is 0 Å². The molecule has 0 aliphatic rings. The van der Waals surface area contributed by atoms with Crippen LogP contribution in [0.3, 0.4) is 0 Å². The smallest absolute Gasteiger partial charge is 0.259 e. The SMILES string of the molecule is COc1cc(Br)ccc1C(=O)Nc1ccc(CCBr)cc1. The Kier molecular flexibility index (Phi) is 5.82. The second kappa shape index (κ2) is 7.61. The summed E-state index contributed by atoms with van der Waals surface area (Å²) in [6.45, 7) is 0. The van der Waals surface area contributed by atoms with Crippen LogP contribution < -0.4 is 10.1 Å². The summed E-state index contributed by atoms with van der Waals surface area (Å²) in [5.41, 5.74) is 2.50. The van der Waals surface area contributed by atoms with Gasteiger partial charge in [-0.2, -0.15) is 0 Å². The van der Waals surface area contributed by atoms with Crippen LogP contribution in [-0.4, -0.2) is 18.3 Å². The van der Waals surface area contributed by atoms with Gasteiger partial charge in [-0.25, -0.2) is 0 Å². The molecule has 0 atom stereocenters. The number of methoxy groups -OCH3 is 1. The molecule has 21 heavy (non-hydrogen) atoms. The number of ether oxygens (including phenoxy) is 1. The van der Waals surface area contributed by atoms with Gasteiger partial charge in [0, 0.05) is 15.5 Å². The Bertz CT molecular complexity index is 627. The molecule has 0 aromatic heterocycles. The number of amides is 1. The van der Waals surface area contributed by atoms with Crippen molar-refractivity contribution in [2.45, 2.75) is 6.42 Å². The van der Waals surface area contributed by atoms with Crippen LogP contribution >= 0.6 is 31.9 Å². The molecule has 0 saturated carbocycles. The fourth-order valence-corrected chi connectivity index (χ4v) is 2.71. The van der Waals surface area contributed by atoms with Crippen LogP contribution in [0.2, 0.25) is 0 Å². The van der Waals surface area contributed by atoms with Gasteiger partial charge in [0.15, 0.2) is 0 Å². The van der Waals surface area contributed by atoms with Crippen molar-refractivity contribution in [3.8, 4) is 5.75 Å². The fourth-order valence-electron chi connectivity index (χ4n) is 1.91. The molecule has 0 heterocycles. The highest BCUT2D eigenvalue weighted by atomic mass is 79.9. The van der Waals surface area contributed by atoms with Crippen molar-refractivity contribution in [2.75, 3.05) is 17.8 Å². The summed E-state index contributed by atoms with van der Waals surface area (Å²) in [5.74, 6) is 0.352. The number of carbonyl (C=O) groups excluding carboxylic acids is 1. The Morgan fingerprint density at radius 3 is 2.52 bits per heavy atom. The summed E-state index contributed by atoms with van der Waals surface area (Å²) in [5, 5.41) is 3.80. The first-order valence-corrected chi connectivity index (χ1v) is 8.35. The highest BCUT2D eigenvalue weighted by molar-refractivity contribution is 9.10. The molecular weight excluding hydrogens is 398 g/mol. The van der Waals surface area contributed by atoms with E-state index in [0.29, 0.717) is 11.3 Å².